The summed E-state index contributed by atoms with van der Waals surface area (Å²) < 4.78 is 10.1. The molecule has 0 aliphatic carbocycles. The maximum absolute atomic E-state index is 13.2. The lowest BCUT2D eigenvalue weighted by Gasteiger charge is -2.13. The smallest absolute Gasteiger partial charge is 0.259 e. The fourth-order valence-electron chi connectivity index (χ4n) is 4.30. The number of carbonyl (C=O) groups excluding carboxylic acids is 1. The number of nitrogens with one attached hydrogen (secondary N) is 1. The van der Waals surface area contributed by atoms with Crippen molar-refractivity contribution in [2.24, 2.45) is 0 Å². The van der Waals surface area contributed by atoms with E-state index in [1.165, 1.54) is 0 Å². The van der Waals surface area contributed by atoms with E-state index in [0.29, 0.717) is 23.8 Å². The lowest BCUT2D eigenvalue weighted by Crippen LogP contribution is -2.14. The van der Waals surface area contributed by atoms with Crippen LogP contribution in [0.25, 0.3) is 5.65 Å². The zero-order valence-electron chi connectivity index (χ0n) is 20.7. The highest BCUT2D eigenvalue weighted by molar-refractivity contribution is 6.06. The van der Waals surface area contributed by atoms with E-state index >= 15 is 0 Å². The highest BCUT2D eigenvalue weighted by atomic mass is 16.5. The monoisotopic (exact) mass is 479 g/mol. The number of benzene rings is 2. The van der Waals surface area contributed by atoms with Gasteiger partial charge in [-0.3, -0.25) is 4.79 Å². The third-order valence-corrected chi connectivity index (χ3v) is 6.04. The fourth-order valence-corrected chi connectivity index (χ4v) is 4.30. The van der Waals surface area contributed by atoms with E-state index in [4.69, 9.17) is 4.74 Å². The van der Waals surface area contributed by atoms with Gasteiger partial charge in [0.2, 0.25) is 0 Å². The number of carbonyl (C=O) groups is 1. The van der Waals surface area contributed by atoms with E-state index in [0.717, 1.165) is 34.0 Å². The Hall–Kier alpha value is -4.39. The molecule has 0 bridgehead atoms. The average molecular weight is 480 g/mol. The Morgan fingerprint density at radius 3 is 2.75 bits per heavy atom. The Balaban J connectivity index is 1.29. The molecule has 5 aromatic rings. The van der Waals surface area contributed by atoms with Crippen LogP contribution in [0.5, 0.6) is 5.75 Å². The van der Waals surface area contributed by atoms with Crippen LogP contribution in [-0.2, 0) is 13.2 Å². The van der Waals surface area contributed by atoms with Gasteiger partial charge in [-0.05, 0) is 48.4 Å². The van der Waals surface area contributed by atoms with Crippen LogP contribution in [0, 0.1) is 6.92 Å². The molecule has 0 aliphatic rings. The van der Waals surface area contributed by atoms with Gasteiger partial charge < -0.3 is 19.0 Å². The summed E-state index contributed by atoms with van der Waals surface area (Å²) in [5.41, 5.74) is 5.08. The van der Waals surface area contributed by atoms with Crippen LogP contribution in [0.4, 0.5) is 5.69 Å². The largest absolute Gasteiger partial charge is 0.486 e. The van der Waals surface area contributed by atoms with Crippen molar-refractivity contribution in [1.82, 2.24) is 18.9 Å². The molecule has 0 aliphatic heterocycles. The second kappa shape index (κ2) is 10.1. The van der Waals surface area contributed by atoms with Gasteiger partial charge in [-0.25, -0.2) is 9.97 Å². The number of hydrogen-bond acceptors (Lipinski definition) is 4. The van der Waals surface area contributed by atoms with Crippen molar-refractivity contribution in [1.29, 1.82) is 0 Å². The van der Waals surface area contributed by atoms with Gasteiger partial charge in [0.1, 0.15) is 23.8 Å². The average Bonchev–Trinajstić information content (AvgIpc) is 3.51. The van der Waals surface area contributed by atoms with Crippen LogP contribution in [0.15, 0.2) is 85.5 Å². The highest BCUT2D eigenvalue weighted by Crippen LogP contribution is 2.22. The van der Waals surface area contributed by atoms with Gasteiger partial charge in [0.05, 0.1) is 11.3 Å². The SMILES string of the molecule is Cc1cccn2cc(COc3ccccc3C(=O)Nc3cccc(Cn4ccnc4C(C)C)c3)nc12. The molecular formula is C29H29N5O2. The van der Waals surface area contributed by atoms with Crippen molar-refractivity contribution in [3.63, 3.8) is 0 Å². The van der Waals surface area contributed by atoms with Crippen LogP contribution < -0.4 is 10.1 Å². The Bertz CT molecular complexity index is 1520. The molecule has 7 nitrogen and oxygen atoms in total. The minimum atomic E-state index is -0.223. The lowest BCUT2D eigenvalue weighted by atomic mass is 10.1. The summed E-state index contributed by atoms with van der Waals surface area (Å²) in [6, 6.07) is 19.2. The van der Waals surface area contributed by atoms with E-state index < -0.39 is 0 Å². The number of nitrogens with zero attached hydrogens (tertiary/aromatic N) is 4. The second-order valence-corrected chi connectivity index (χ2v) is 9.16. The van der Waals surface area contributed by atoms with Crippen molar-refractivity contribution < 1.29 is 9.53 Å². The number of para-hydroxylation sites is 1. The number of imidazole rings is 2. The number of aromatic nitrogens is 4. The van der Waals surface area contributed by atoms with Crippen LogP contribution in [0.1, 0.15) is 52.8 Å². The number of rotatable bonds is 8. The Kier molecular flexibility index (Phi) is 6.54. The van der Waals surface area contributed by atoms with Gasteiger partial charge >= 0.3 is 0 Å². The van der Waals surface area contributed by atoms with Gasteiger partial charge in [-0.1, -0.05) is 44.2 Å². The second-order valence-electron chi connectivity index (χ2n) is 9.16. The Morgan fingerprint density at radius 1 is 1.06 bits per heavy atom. The van der Waals surface area contributed by atoms with Gasteiger partial charge in [-0.2, -0.15) is 0 Å². The lowest BCUT2D eigenvalue weighted by molar-refractivity contribution is 0.102. The van der Waals surface area contributed by atoms with Gasteiger partial charge in [-0.15, -0.1) is 0 Å². The molecule has 0 atom stereocenters. The molecule has 0 spiro atoms. The predicted molar refractivity (Wildman–Crippen MR) is 141 cm³/mol. The van der Waals surface area contributed by atoms with Crippen LogP contribution >= 0.6 is 0 Å². The standard InChI is InChI=1S/C29H29N5O2/c1-20(2)27-30-13-15-34(27)17-22-9-6-10-23(16-22)32-29(35)25-11-4-5-12-26(25)36-19-24-18-33-14-7-8-21(3)28(33)31-24/h4-16,18,20H,17,19H2,1-3H3,(H,32,35). The summed E-state index contributed by atoms with van der Waals surface area (Å²) in [7, 11) is 0. The summed E-state index contributed by atoms with van der Waals surface area (Å²) in [5.74, 6) is 1.67. The maximum Gasteiger partial charge on any atom is 0.259 e. The van der Waals surface area contributed by atoms with Gasteiger partial charge in [0.15, 0.2) is 0 Å². The third-order valence-electron chi connectivity index (χ3n) is 6.04. The summed E-state index contributed by atoms with van der Waals surface area (Å²) in [4.78, 5) is 22.3. The van der Waals surface area contributed by atoms with E-state index in [2.05, 4.69) is 33.7 Å². The molecule has 0 unspecified atom stereocenters. The quantitative estimate of drug-likeness (QED) is 0.303. The first kappa shape index (κ1) is 23.4. The number of hydrogen-bond donors (Lipinski definition) is 1. The van der Waals surface area contributed by atoms with Crippen molar-refractivity contribution in [3.05, 3.63) is 114 Å². The minimum Gasteiger partial charge on any atom is -0.486 e. The molecule has 182 valence electrons. The first-order valence-corrected chi connectivity index (χ1v) is 12.0. The summed E-state index contributed by atoms with van der Waals surface area (Å²) in [5, 5.41) is 3.02. The predicted octanol–water partition coefficient (Wildman–Crippen LogP) is 5.84. The molecule has 3 aromatic heterocycles. The summed E-state index contributed by atoms with van der Waals surface area (Å²) in [6.45, 7) is 7.25. The number of ether oxygens (including phenoxy) is 1. The number of aryl methyl sites for hydroxylation is 1. The van der Waals surface area contributed by atoms with Crippen LogP contribution in [0.3, 0.4) is 0 Å². The molecule has 7 heteroatoms. The molecule has 2 aromatic carbocycles. The molecule has 1 amide bonds. The maximum atomic E-state index is 13.2. The molecule has 1 N–H and O–H groups in total. The number of amides is 1. The molecule has 0 radical (unpaired) electrons. The van der Waals surface area contributed by atoms with E-state index in [1.54, 1.807) is 12.1 Å². The topological polar surface area (TPSA) is 73.5 Å². The first-order valence-electron chi connectivity index (χ1n) is 12.0. The minimum absolute atomic E-state index is 0.223. The summed E-state index contributed by atoms with van der Waals surface area (Å²) >= 11 is 0. The fraction of sp³-hybridized carbons (Fsp3) is 0.207. The van der Waals surface area contributed by atoms with Crippen molar-refractivity contribution in [2.75, 3.05) is 5.32 Å². The normalized spacial score (nSPS) is 11.2. The summed E-state index contributed by atoms with van der Waals surface area (Å²) in [6.07, 6.45) is 7.72. The zero-order chi connectivity index (χ0) is 25.1. The molecule has 3 heterocycles. The number of anilines is 1. The van der Waals surface area contributed by atoms with Crippen LogP contribution in [-0.4, -0.2) is 24.8 Å². The van der Waals surface area contributed by atoms with Crippen molar-refractivity contribution in [2.45, 2.75) is 39.8 Å². The van der Waals surface area contributed by atoms with Crippen LogP contribution in [0.2, 0.25) is 0 Å². The molecule has 0 fully saturated rings. The van der Waals surface area contributed by atoms with Crippen molar-refractivity contribution in [3.8, 4) is 5.75 Å². The molecule has 0 saturated heterocycles. The highest BCUT2D eigenvalue weighted by Gasteiger charge is 2.14. The third kappa shape index (κ3) is 5.00. The molecular weight excluding hydrogens is 450 g/mol. The van der Waals surface area contributed by atoms with Gasteiger partial charge in [0.25, 0.3) is 5.91 Å². The first-order chi connectivity index (χ1) is 17.5. The molecule has 0 saturated carbocycles. The number of pyridine rings is 1. The Labute approximate surface area is 210 Å². The Morgan fingerprint density at radius 2 is 1.92 bits per heavy atom. The molecule has 5 rings (SSSR count). The van der Waals surface area contributed by atoms with Gasteiger partial charge in [0, 0.05) is 42.9 Å². The number of fused-ring (bicyclic) bond motifs is 1. The zero-order valence-corrected chi connectivity index (χ0v) is 20.7. The van der Waals surface area contributed by atoms with E-state index in [1.807, 2.05) is 84.6 Å². The molecule has 36 heavy (non-hydrogen) atoms. The van der Waals surface area contributed by atoms with E-state index in [9.17, 15) is 4.79 Å². The van der Waals surface area contributed by atoms with Crippen molar-refractivity contribution >= 4 is 17.2 Å². The van der Waals surface area contributed by atoms with E-state index in [-0.39, 0.29) is 12.5 Å².